The van der Waals surface area contributed by atoms with Crippen molar-refractivity contribution in [3.63, 3.8) is 0 Å². The molecular weight excluding hydrogens is 164 g/mol. The van der Waals surface area contributed by atoms with E-state index in [2.05, 4.69) is 11.8 Å². The molecule has 1 aliphatic heterocycles. The summed E-state index contributed by atoms with van der Waals surface area (Å²) in [6.07, 6.45) is 0. The Kier molecular flexibility index (Phi) is 2.31. The summed E-state index contributed by atoms with van der Waals surface area (Å²) in [4.78, 5) is 0. The average Bonchev–Trinajstić information content (AvgIpc) is 2.61. The van der Waals surface area contributed by atoms with Gasteiger partial charge in [0.1, 0.15) is 6.61 Å². The Morgan fingerprint density at radius 1 is 1.31 bits per heavy atom. The number of benzene rings is 1. The van der Waals surface area contributed by atoms with Crippen molar-refractivity contribution < 1.29 is 9.84 Å². The molecule has 1 N–H and O–H groups in total. The van der Waals surface area contributed by atoms with E-state index in [1.807, 2.05) is 18.2 Å². The van der Waals surface area contributed by atoms with Gasteiger partial charge in [-0.3, -0.25) is 0 Å². The van der Waals surface area contributed by atoms with E-state index in [1.54, 1.807) is 0 Å². The smallest absolute Gasteiger partial charge is 0.104 e. The highest BCUT2D eigenvalue weighted by Crippen LogP contribution is 2.20. The summed E-state index contributed by atoms with van der Waals surface area (Å²) in [5.41, 5.74) is 3.40. The molecule has 0 saturated carbocycles. The van der Waals surface area contributed by atoms with Crippen molar-refractivity contribution in [2.24, 2.45) is 0 Å². The first-order valence-electron chi connectivity index (χ1n) is 4.19. The molecule has 2 rings (SSSR count). The lowest BCUT2D eigenvalue weighted by Gasteiger charge is -1.96. The molecule has 0 saturated heterocycles. The fraction of sp³-hybridized carbons (Fsp3) is 0.273. The number of rotatable bonds is 0. The average molecular weight is 174 g/mol. The summed E-state index contributed by atoms with van der Waals surface area (Å²) in [5.74, 6) is 5.49. The quantitative estimate of drug-likeness (QED) is 0.596. The fourth-order valence-corrected chi connectivity index (χ4v) is 1.39. The molecule has 1 aromatic carbocycles. The van der Waals surface area contributed by atoms with Gasteiger partial charge in [0, 0.05) is 5.56 Å². The first-order chi connectivity index (χ1) is 6.40. The molecule has 0 aromatic heterocycles. The van der Waals surface area contributed by atoms with E-state index in [0.29, 0.717) is 13.2 Å². The molecule has 0 amide bonds. The standard InChI is InChI=1S/C11H10O2/c12-5-1-2-9-3-4-10-7-13-8-11(10)6-9/h3-4,6,12H,5,7-8H2. The maximum absolute atomic E-state index is 8.52. The zero-order chi connectivity index (χ0) is 9.10. The summed E-state index contributed by atoms with van der Waals surface area (Å²) in [6, 6.07) is 6.00. The lowest BCUT2D eigenvalue weighted by atomic mass is 10.1. The number of aliphatic hydroxyl groups excluding tert-OH is 1. The van der Waals surface area contributed by atoms with Gasteiger partial charge in [-0.1, -0.05) is 17.9 Å². The molecule has 1 aromatic rings. The van der Waals surface area contributed by atoms with Crippen molar-refractivity contribution in [1.29, 1.82) is 0 Å². The molecule has 0 spiro atoms. The van der Waals surface area contributed by atoms with E-state index >= 15 is 0 Å². The van der Waals surface area contributed by atoms with E-state index in [1.165, 1.54) is 11.1 Å². The number of aliphatic hydroxyl groups is 1. The van der Waals surface area contributed by atoms with Crippen LogP contribution in [-0.2, 0) is 18.0 Å². The van der Waals surface area contributed by atoms with Crippen molar-refractivity contribution in [1.82, 2.24) is 0 Å². The lowest BCUT2D eigenvalue weighted by Crippen LogP contribution is -1.84. The van der Waals surface area contributed by atoms with Crippen LogP contribution in [0.15, 0.2) is 18.2 Å². The molecule has 66 valence electrons. The van der Waals surface area contributed by atoms with Crippen LogP contribution in [0.25, 0.3) is 0 Å². The van der Waals surface area contributed by atoms with Crippen LogP contribution in [0, 0.1) is 11.8 Å². The van der Waals surface area contributed by atoms with Gasteiger partial charge in [0.2, 0.25) is 0 Å². The molecule has 0 atom stereocenters. The molecule has 0 bridgehead atoms. The topological polar surface area (TPSA) is 29.5 Å². The van der Waals surface area contributed by atoms with E-state index in [4.69, 9.17) is 9.84 Å². The Balaban J connectivity index is 2.31. The predicted molar refractivity (Wildman–Crippen MR) is 48.9 cm³/mol. The predicted octanol–water partition coefficient (Wildman–Crippen LogP) is 1.06. The first kappa shape index (κ1) is 8.31. The minimum atomic E-state index is -0.0897. The van der Waals surface area contributed by atoms with E-state index in [9.17, 15) is 0 Å². The molecule has 1 heterocycles. The highest BCUT2D eigenvalue weighted by molar-refractivity contribution is 5.41. The molecule has 0 unspecified atom stereocenters. The van der Waals surface area contributed by atoms with Crippen LogP contribution in [0.5, 0.6) is 0 Å². The maximum atomic E-state index is 8.52. The van der Waals surface area contributed by atoms with Crippen molar-refractivity contribution in [3.8, 4) is 11.8 Å². The number of ether oxygens (including phenoxy) is 1. The summed E-state index contributed by atoms with van der Waals surface area (Å²) < 4.78 is 5.28. The molecule has 0 fully saturated rings. The zero-order valence-electron chi connectivity index (χ0n) is 7.21. The second-order valence-electron chi connectivity index (χ2n) is 2.94. The normalized spacial score (nSPS) is 13.3. The maximum Gasteiger partial charge on any atom is 0.104 e. The van der Waals surface area contributed by atoms with Crippen LogP contribution in [-0.4, -0.2) is 11.7 Å². The molecule has 1 aliphatic rings. The van der Waals surface area contributed by atoms with Gasteiger partial charge in [-0.15, -0.1) is 0 Å². The van der Waals surface area contributed by atoms with Gasteiger partial charge in [-0.05, 0) is 23.3 Å². The molecular formula is C11H10O2. The third kappa shape index (κ3) is 1.72. The van der Waals surface area contributed by atoms with E-state index in [0.717, 1.165) is 5.56 Å². The Morgan fingerprint density at radius 3 is 3.00 bits per heavy atom. The molecule has 13 heavy (non-hydrogen) atoms. The first-order valence-corrected chi connectivity index (χ1v) is 4.19. The van der Waals surface area contributed by atoms with Crippen LogP contribution in [0.1, 0.15) is 16.7 Å². The molecule has 0 radical (unpaired) electrons. The van der Waals surface area contributed by atoms with Gasteiger partial charge < -0.3 is 9.84 Å². The Bertz CT molecular complexity index is 371. The number of hydrogen-bond acceptors (Lipinski definition) is 2. The molecule has 2 heteroatoms. The Labute approximate surface area is 77.2 Å². The summed E-state index contributed by atoms with van der Waals surface area (Å²) in [7, 11) is 0. The third-order valence-electron chi connectivity index (χ3n) is 2.03. The van der Waals surface area contributed by atoms with Crippen LogP contribution in [0.3, 0.4) is 0 Å². The zero-order valence-corrected chi connectivity index (χ0v) is 7.21. The van der Waals surface area contributed by atoms with Crippen molar-refractivity contribution in [2.75, 3.05) is 6.61 Å². The monoisotopic (exact) mass is 174 g/mol. The highest BCUT2D eigenvalue weighted by Gasteiger charge is 2.09. The fourth-order valence-electron chi connectivity index (χ4n) is 1.39. The van der Waals surface area contributed by atoms with Gasteiger partial charge in [0.25, 0.3) is 0 Å². The lowest BCUT2D eigenvalue weighted by molar-refractivity contribution is 0.134. The van der Waals surface area contributed by atoms with Gasteiger partial charge in [-0.2, -0.15) is 0 Å². The van der Waals surface area contributed by atoms with Gasteiger partial charge in [0.05, 0.1) is 13.2 Å². The Morgan fingerprint density at radius 2 is 2.15 bits per heavy atom. The second kappa shape index (κ2) is 3.61. The largest absolute Gasteiger partial charge is 0.384 e. The van der Waals surface area contributed by atoms with Crippen molar-refractivity contribution in [2.45, 2.75) is 13.2 Å². The highest BCUT2D eigenvalue weighted by atomic mass is 16.5. The van der Waals surface area contributed by atoms with Crippen LogP contribution in [0.4, 0.5) is 0 Å². The summed E-state index contributed by atoms with van der Waals surface area (Å²) >= 11 is 0. The second-order valence-corrected chi connectivity index (χ2v) is 2.94. The summed E-state index contributed by atoms with van der Waals surface area (Å²) in [5, 5.41) is 8.52. The molecule has 2 nitrogen and oxygen atoms in total. The minimum Gasteiger partial charge on any atom is -0.384 e. The van der Waals surface area contributed by atoms with Crippen molar-refractivity contribution >= 4 is 0 Å². The van der Waals surface area contributed by atoms with Crippen LogP contribution >= 0.6 is 0 Å². The van der Waals surface area contributed by atoms with Gasteiger partial charge in [0.15, 0.2) is 0 Å². The van der Waals surface area contributed by atoms with Crippen LogP contribution < -0.4 is 0 Å². The number of hydrogen-bond donors (Lipinski definition) is 1. The summed E-state index contributed by atoms with van der Waals surface area (Å²) in [6.45, 7) is 1.31. The number of fused-ring (bicyclic) bond motifs is 1. The molecule has 0 aliphatic carbocycles. The van der Waals surface area contributed by atoms with Crippen molar-refractivity contribution in [3.05, 3.63) is 34.9 Å². The van der Waals surface area contributed by atoms with E-state index < -0.39 is 0 Å². The Hall–Kier alpha value is -1.30. The van der Waals surface area contributed by atoms with Gasteiger partial charge in [-0.25, -0.2) is 0 Å². The SMILES string of the molecule is OCC#Cc1ccc2c(c1)COC2. The van der Waals surface area contributed by atoms with Crippen LogP contribution in [0.2, 0.25) is 0 Å². The minimum absolute atomic E-state index is 0.0897. The van der Waals surface area contributed by atoms with Gasteiger partial charge >= 0.3 is 0 Å². The van der Waals surface area contributed by atoms with E-state index in [-0.39, 0.29) is 6.61 Å². The third-order valence-corrected chi connectivity index (χ3v) is 2.03.